The molecular weight excluding hydrogens is 474 g/mol. The van der Waals surface area contributed by atoms with E-state index in [-0.39, 0.29) is 27.8 Å². The summed E-state index contributed by atoms with van der Waals surface area (Å²) < 4.78 is 37.1. The fraction of sp³-hybridized carbons (Fsp3) is 0.400. The van der Waals surface area contributed by atoms with Gasteiger partial charge in [0.2, 0.25) is 0 Å². The average Bonchev–Trinajstić information content (AvgIpc) is 3.27. The number of benzene rings is 1. The number of carbonyl (C=O) groups excluding carboxylic acids is 2. The Balaban J connectivity index is 1.54. The van der Waals surface area contributed by atoms with E-state index in [1.807, 2.05) is 0 Å². The summed E-state index contributed by atoms with van der Waals surface area (Å²) in [6.07, 6.45) is 2.48. The molecule has 0 spiro atoms. The molecule has 1 saturated heterocycles. The molecule has 1 aromatic carbocycles. The molecule has 13 heteroatoms. The third kappa shape index (κ3) is 6.27. The molecule has 0 atom stereocenters. The van der Waals surface area contributed by atoms with E-state index in [4.69, 9.17) is 9.47 Å². The Morgan fingerprint density at radius 1 is 1.18 bits per heavy atom. The van der Waals surface area contributed by atoms with E-state index in [1.165, 1.54) is 29.6 Å². The van der Waals surface area contributed by atoms with Gasteiger partial charge in [-0.3, -0.25) is 19.7 Å². The van der Waals surface area contributed by atoms with E-state index in [0.717, 1.165) is 36.7 Å². The van der Waals surface area contributed by atoms with E-state index in [9.17, 15) is 28.1 Å². The number of hydrogen-bond acceptors (Lipinski definition) is 9. The lowest BCUT2D eigenvalue weighted by atomic mass is 10.2. The highest BCUT2D eigenvalue weighted by molar-refractivity contribution is 7.91. The number of amides is 1. The first kappa shape index (κ1) is 24.6. The van der Waals surface area contributed by atoms with Crippen molar-refractivity contribution in [2.45, 2.75) is 29.9 Å². The zero-order valence-electron chi connectivity index (χ0n) is 17.8. The molecule has 2 aromatic rings. The normalized spacial score (nSPS) is 14.5. The van der Waals surface area contributed by atoms with Gasteiger partial charge in [0.05, 0.1) is 24.1 Å². The highest BCUT2D eigenvalue weighted by Crippen LogP contribution is 2.29. The summed E-state index contributed by atoms with van der Waals surface area (Å²) >= 11 is 0.997. The maximum absolute atomic E-state index is 12.7. The number of nitro groups is 1. The van der Waals surface area contributed by atoms with Crippen LogP contribution in [0.15, 0.2) is 34.5 Å². The van der Waals surface area contributed by atoms with Crippen LogP contribution in [-0.4, -0.2) is 56.3 Å². The summed E-state index contributed by atoms with van der Waals surface area (Å²) in [5.74, 6) is -1.21. The van der Waals surface area contributed by atoms with Crippen molar-refractivity contribution in [3.63, 3.8) is 0 Å². The molecule has 0 saturated carbocycles. The minimum absolute atomic E-state index is 0.0681. The van der Waals surface area contributed by atoms with Crippen LogP contribution in [0.2, 0.25) is 0 Å². The van der Waals surface area contributed by atoms with Crippen molar-refractivity contribution < 1.29 is 32.4 Å². The molecule has 1 aliphatic rings. The Labute approximate surface area is 194 Å². The molecular formula is C20H23N3O8S2. The van der Waals surface area contributed by atoms with Crippen molar-refractivity contribution >= 4 is 44.6 Å². The van der Waals surface area contributed by atoms with Crippen molar-refractivity contribution in [2.24, 2.45) is 0 Å². The first-order valence-corrected chi connectivity index (χ1v) is 12.3. The average molecular weight is 498 g/mol. The lowest BCUT2D eigenvalue weighted by molar-refractivity contribution is -0.384. The highest BCUT2D eigenvalue weighted by Gasteiger charge is 2.27. The quantitative estimate of drug-likeness (QED) is 0.316. The highest BCUT2D eigenvalue weighted by atomic mass is 32.2. The van der Waals surface area contributed by atoms with Crippen LogP contribution < -0.4 is 10.1 Å². The van der Waals surface area contributed by atoms with Gasteiger partial charge in [-0.1, -0.05) is 6.42 Å². The number of carbonyl (C=O) groups is 2. The molecule has 2 heterocycles. The van der Waals surface area contributed by atoms with Gasteiger partial charge in [0.15, 0.2) is 6.61 Å². The van der Waals surface area contributed by atoms with E-state index >= 15 is 0 Å². The zero-order valence-corrected chi connectivity index (χ0v) is 19.4. The molecule has 33 heavy (non-hydrogen) atoms. The van der Waals surface area contributed by atoms with Crippen LogP contribution in [0, 0.1) is 10.1 Å². The van der Waals surface area contributed by atoms with Crippen LogP contribution in [0.1, 0.15) is 24.1 Å². The van der Waals surface area contributed by atoms with Gasteiger partial charge in [-0.2, -0.15) is 4.31 Å². The molecule has 0 unspecified atom stereocenters. The number of non-ortho nitro benzene ring substituents is 1. The van der Waals surface area contributed by atoms with Crippen LogP contribution in [0.3, 0.4) is 0 Å². The van der Waals surface area contributed by atoms with Crippen molar-refractivity contribution in [3.8, 4) is 5.75 Å². The summed E-state index contributed by atoms with van der Waals surface area (Å²) in [5, 5.41) is 13.3. The van der Waals surface area contributed by atoms with Gasteiger partial charge in [-0.05, 0) is 31.0 Å². The van der Waals surface area contributed by atoms with Gasteiger partial charge < -0.3 is 14.8 Å². The minimum Gasteiger partial charge on any atom is -0.495 e. The number of rotatable bonds is 9. The largest absolute Gasteiger partial charge is 0.495 e. The van der Waals surface area contributed by atoms with Crippen LogP contribution >= 0.6 is 11.3 Å². The number of ether oxygens (including phenoxy) is 2. The molecule has 0 radical (unpaired) electrons. The predicted molar refractivity (Wildman–Crippen MR) is 120 cm³/mol. The molecule has 11 nitrogen and oxygen atoms in total. The van der Waals surface area contributed by atoms with E-state index in [0.29, 0.717) is 18.0 Å². The summed E-state index contributed by atoms with van der Waals surface area (Å²) in [6, 6.07) is 6.73. The lowest BCUT2D eigenvalue weighted by Crippen LogP contribution is -2.35. The number of nitro benzene ring substituents is 1. The van der Waals surface area contributed by atoms with Crippen molar-refractivity contribution in [2.75, 3.05) is 32.1 Å². The van der Waals surface area contributed by atoms with Crippen LogP contribution in [0.4, 0.5) is 11.4 Å². The second-order valence-electron chi connectivity index (χ2n) is 7.21. The molecule has 0 bridgehead atoms. The number of nitrogens with zero attached hydrogens (tertiary/aromatic N) is 2. The van der Waals surface area contributed by atoms with Crippen molar-refractivity contribution in [3.05, 3.63) is 45.3 Å². The Morgan fingerprint density at radius 2 is 1.91 bits per heavy atom. The van der Waals surface area contributed by atoms with Gasteiger partial charge in [0.1, 0.15) is 9.96 Å². The summed E-state index contributed by atoms with van der Waals surface area (Å²) in [5.41, 5.74) is -0.172. The lowest BCUT2D eigenvalue weighted by Gasteiger charge is -2.25. The Hall–Kier alpha value is -3.03. The predicted octanol–water partition coefficient (Wildman–Crippen LogP) is 2.56. The van der Waals surface area contributed by atoms with E-state index in [2.05, 4.69) is 5.32 Å². The third-order valence-electron chi connectivity index (χ3n) is 4.90. The second-order valence-corrected chi connectivity index (χ2v) is 10.5. The van der Waals surface area contributed by atoms with Crippen molar-refractivity contribution in [1.29, 1.82) is 0 Å². The smallest absolute Gasteiger partial charge is 0.311 e. The summed E-state index contributed by atoms with van der Waals surface area (Å²) in [7, 11) is -2.23. The fourth-order valence-electron chi connectivity index (χ4n) is 3.26. The summed E-state index contributed by atoms with van der Waals surface area (Å²) in [4.78, 5) is 35.1. The molecule has 1 aromatic heterocycles. The molecule has 3 rings (SSSR count). The van der Waals surface area contributed by atoms with E-state index < -0.39 is 33.4 Å². The summed E-state index contributed by atoms with van der Waals surface area (Å²) in [6.45, 7) is 0.360. The molecule has 0 aliphatic carbocycles. The second kappa shape index (κ2) is 10.7. The number of nitrogens with one attached hydrogen (secondary N) is 1. The van der Waals surface area contributed by atoms with Crippen LogP contribution in [0.25, 0.3) is 0 Å². The standard InChI is InChI=1S/C20H23N3O8S2/c1-30-17-7-5-14(23(26)27)11-16(17)21-18(24)13-31-19(25)12-15-6-8-20(32-15)33(28,29)22-9-3-2-4-10-22/h5-8,11H,2-4,9-10,12-13H2,1H3,(H,21,24). The third-order valence-corrected chi connectivity index (χ3v) is 8.35. The van der Waals surface area contributed by atoms with Crippen molar-refractivity contribution in [1.82, 2.24) is 4.31 Å². The maximum atomic E-state index is 12.7. The number of hydrogen-bond donors (Lipinski definition) is 1. The Bertz CT molecular complexity index is 1140. The number of methoxy groups -OCH3 is 1. The SMILES string of the molecule is COc1ccc([N+](=O)[O-])cc1NC(=O)COC(=O)Cc1ccc(S(=O)(=O)N2CCCCC2)s1. The van der Waals surface area contributed by atoms with Crippen LogP contribution in [0.5, 0.6) is 5.75 Å². The number of esters is 1. The van der Waals surface area contributed by atoms with Crippen LogP contribution in [-0.2, 0) is 30.8 Å². The van der Waals surface area contributed by atoms with E-state index in [1.54, 1.807) is 6.07 Å². The van der Waals surface area contributed by atoms with Gasteiger partial charge in [0.25, 0.3) is 21.6 Å². The molecule has 1 N–H and O–H groups in total. The minimum atomic E-state index is -3.58. The number of thiophene rings is 1. The number of sulfonamides is 1. The van der Waals surface area contributed by atoms with Gasteiger partial charge in [0, 0.05) is 30.1 Å². The topological polar surface area (TPSA) is 145 Å². The molecule has 1 amide bonds. The zero-order chi connectivity index (χ0) is 24.0. The molecule has 1 aliphatic heterocycles. The maximum Gasteiger partial charge on any atom is 0.311 e. The number of piperidine rings is 1. The Morgan fingerprint density at radius 3 is 2.58 bits per heavy atom. The fourth-order valence-corrected chi connectivity index (χ4v) is 6.27. The number of anilines is 1. The molecule has 1 fully saturated rings. The van der Waals surface area contributed by atoms with Gasteiger partial charge in [-0.15, -0.1) is 11.3 Å². The van der Waals surface area contributed by atoms with Gasteiger partial charge >= 0.3 is 5.97 Å². The van der Waals surface area contributed by atoms with Gasteiger partial charge in [-0.25, -0.2) is 8.42 Å². The monoisotopic (exact) mass is 497 g/mol. The Kier molecular flexibility index (Phi) is 8.00. The molecule has 178 valence electrons. The first-order valence-electron chi connectivity index (χ1n) is 10.1. The first-order chi connectivity index (χ1) is 15.7.